The van der Waals surface area contributed by atoms with Gasteiger partial charge in [-0.1, -0.05) is 60.7 Å². The van der Waals surface area contributed by atoms with E-state index in [-0.39, 0.29) is 12.5 Å². The number of aliphatic hydroxyl groups is 1. The summed E-state index contributed by atoms with van der Waals surface area (Å²) in [5.74, 6) is -0.281. The molecule has 2 aliphatic heterocycles. The van der Waals surface area contributed by atoms with Crippen LogP contribution in [-0.4, -0.2) is 48.3 Å². The Bertz CT molecular complexity index is 801. The Morgan fingerprint density at radius 3 is 2.48 bits per heavy atom. The second-order valence-electron chi connectivity index (χ2n) is 7.23. The first-order valence-corrected chi connectivity index (χ1v) is 9.70. The summed E-state index contributed by atoms with van der Waals surface area (Å²) in [5, 5.41) is 13.7. The number of ether oxygens (including phenoxy) is 4. The predicted molar refractivity (Wildman–Crippen MR) is 104 cm³/mol. The normalized spacial score (nSPS) is 31.7. The zero-order valence-electron chi connectivity index (χ0n) is 16.1. The molecule has 4 rings (SSSR count). The van der Waals surface area contributed by atoms with Crippen LogP contribution in [0.25, 0.3) is 0 Å². The smallest absolute Gasteiger partial charge is 0.217 e. The molecule has 7 nitrogen and oxygen atoms in total. The van der Waals surface area contributed by atoms with Crippen LogP contribution in [0.15, 0.2) is 60.7 Å². The quantitative estimate of drug-likeness (QED) is 0.799. The van der Waals surface area contributed by atoms with Gasteiger partial charge in [-0.15, -0.1) is 0 Å². The molecule has 2 N–H and O–H groups in total. The molecule has 7 heteroatoms. The average Bonchev–Trinajstić information content (AvgIpc) is 2.75. The minimum absolute atomic E-state index is 0.249. The van der Waals surface area contributed by atoms with Crippen LogP contribution < -0.4 is 5.32 Å². The van der Waals surface area contributed by atoms with Crippen LogP contribution in [0.3, 0.4) is 0 Å². The average molecular weight is 399 g/mol. The van der Waals surface area contributed by atoms with E-state index < -0.39 is 36.9 Å². The molecule has 0 bridgehead atoms. The monoisotopic (exact) mass is 399 g/mol. The molecular formula is C22H25NO6. The maximum Gasteiger partial charge on any atom is 0.217 e. The lowest BCUT2D eigenvalue weighted by Crippen LogP contribution is -2.66. The molecule has 0 aliphatic carbocycles. The molecule has 0 saturated carbocycles. The Labute approximate surface area is 169 Å². The minimum Gasteiger partial charge on any atom is -0.388 e. The van der Waals surface area contributed by atoms with E-state index >= 15 is 0 Å². The van der Waals surface area contributed by atoms with Gasteiger partial charge >= 0.3 is 0 Å². The van der Waals surface area contributed by atoms with Crippen molar-refractivity contribution in [2.75, 3.05) is 6.61 Å². The Morgan fingerprint density at radius 1 is 1.10 bits per heavy atom. The Balaban J connectivity index is 1.48. The van der Waals surface area contributed by atoms with Gasteiger partial charge < -0.3 is 29.4 Å². The van der Waals surface area contributed by atoms with E-state index in [4.69, 9.17) is 18.9 Å². The summed E-state index contributed by atoms with van der Waals surface area (Å²) in [6, 6.07) is 18.4. The summed E-state index contributed by atoms with van der Waals surface area (Å²) < 4.78 is 23.8. The molecule has 2 aromatic carbocycles. The standard InChI is InChI=1S/C22H25NO6/c1-14(24)23-18-19(25)20-17(13-27-21(29-20)16-10-6-3-7-11-16)28-22(18)26-12-15-8-4-2-5-9-15/h2-11,17-22,25H,12-13H2,1H3,(H,23,24)/t17?,18?,19-,20+,21?,22-/m0/s1. The third-order valence-corrected chi connectivity index (χ3v) is 5.06. The van der Waals surface area contributed by atoms with E-state index in [0.29, 0.717) is 6.61 Å². The highest BCUT2D eigenvalue weighted by molar-refractivity contribution is 5.73. The van der Waals surface area contributed by atoms with Crippen LogP contribution in [0.1, 0.15) is 24.3 Å². The van der Waals surface area contributed by atoms with Crippen molar-refractivity contribution < 1.29 is 28.8 Å². The van der Waals surface area contributed by atoms with Crippen molar-refractivity contribution in [1.29, 1.82) is 0 Å². The molecule has 154 valence electrons. The maximum absolute atomic E-state index is 11.7. The number of hydrogen-bond acceptors (Lipinski definition) is 6. The molecule has 0 spiro atoms. The van der Waals surface area contributed by atoms with E-state index in [1.807, 2.05) is 60.7 Å². The SMILES string of the molecule is CC(=O)NC1[C@@H](OCc2ccccc2)OC2COC(c3ccccc3)O[C@H]2[C@H]1O. The van der Waals surface area contributed by atoms with E-state index in [9.17, 15) is 9.90 Å². The number of benzene rings is 2. The van der Waals surface area contributed by atoms with Gasteiger partial charge in [-0.25, -0.2) is 0 Å². The van der Waals surface area contributed by atoms with Crippen molar-refractivity contribution in [3.05, 3.63) is 71.8 Å². The Kier molecular flexibility index (Phi) is 6.22. The number of fused-ring (bicyclic) bond motifs is 1. The van der Waals surface area contributed by atoms with Gasteiger partial charge in [-0.05, 0) is 5.56 Å². The third kappa shape index (κ3) is 4.66. The van der Waals surface area contributed by atoms with Gasteiger partial charge in [0.25, 0.3) is 0 Å². The van der Waals surface area contributed by atoms with Gasteiger partial charge in [0, 0.05) is 12.5 Å². The minimum atomic E-state index is -1.01. The summed E-state index contributed by atoms with van der Waals surface area (Å²) in [6.07, 6.45) is -3.59. The second kappa shape index (κ2) is 9.02. The Hall–Kier alpha value is -2.29. The summed E-state index contributed by atoms with van der Waals surface area (Å²) in [4.78, 5) is 11.7. The van der Waals surface area contributed by atoms with Gasteiger partial charge in [-0.3, -0.25) is 4.79 Å². The second-order valence-corrected chi connectivity index (χ2v) is 7.23. The van der Waals surface area contributed by atoms with Gasteiger partial charge in [0.1, 0.15) is 24.4 Å². The molecule has 29 heavy (non-hydrogen) atoms. The van der Waals surface area contributed by atoms with Crippen molar-refractivity contribution >= 4 is 5.91 Å². The van der Waals surface area contributed by atoms with Crippen LogP contribution in [0, 0.1) is 0 Å². The van der Waals surface area contributed by atoms with Crippen molar-refractivity contribution in [3.63, 3.8) is 0 Å². The Morgan fingerprint density at radius 2 is 1.79 bits per heavy atom. The number of carbonyl (C=O) groups is 1. The zero-order chi connectivity index (χ0) is 20.2. The van der Waals surface area contributed by atoms with Crippen LogP contribution in [0.5, 0.6) is 0 Å². The molecule has 2 fully saturated rings. The molecule has 2 heterocycles. The number of rotatable bonds is 5. The predicted octanol–water partition coefficient (Wildman–Crippen LogP) is 1.91. The van der Waals surface area contributed by atoms with Crippen molar-refractivity contribution in [3.8, 4) is 0 Å². The topological polar surface area (TPSA) is 86.3 Å². The first kappa shape index (κ1) is 20.0. The summed E-state index contributed by atoms with van der Waals surface area (Å²) >= 11 is 0. The summed E-state index contributed by atoms with van der Waals surface area (Å²) in [7, 11) is 0. The molecular weight excluding hydrogens is 374 g/mol. The van der Waals surface area contributed by atoms with Gasteiger partial charge in [-0.2, -0.15) is 0 Å². The number of amides is 1. The van der Waals surface area contributed by atoms with E-state index in [1.54, 1.807) is 0 Å². The molecule has 0 aromatic heterocycles. The van der Waals surface area contributed by atoms with E-state index in [0.717, 1.165) is 11.1 Å². The molecule has 1 amide bonds. The molecule has 2 aliphatic rings. The molecule has 2 saturated heterocycles. The molecule has 0 radical (unpaired) electrons. The number of nitrogens with one attached hydrogen (secondary N) is 1. The fourth-order valence-electron chi connectivity index (χ4n) is 3.65. The van der Waals surface area contributed by atoms with Gasteiger partial charge in [0.2, 0.25) is 5.91 Å². The molecule has 3 unspecified atom stereocenters. The fraction of sp³-hybridized carbons (Fsp3) is 0.409. The zero-order valence-corrected chi connectivity index (χ0v) is 16.1. The fourth-order valence-corrected chi connectivity index (χ4v) is 3.65. The highest BCUT2D eigenvalue weighted by Crippen LogP contribution is 2.34. The number of aliphatic hydroxyl groups excluding tert-OH is 1. The van der Waals surface area contributed by atoms with Crippen molar-refractivity contribution in [2.24, 2.45) is 0 Å². The summed E-state index contributed by atoms with van der Waals surface area (Å²) in [5.41, 5.74) is 1.83. The lowest BCUT2D eigenvalue weighted by Gasteiger charge is -2.47. The van der Waals surface area contributed by atoms with Crippen LogP contribution in [-0.2, 0) is 30.3 Å². The molecule has 6 atom stereocenters. The first-order valence-electron chi connectivity index (χ1n) is 9.70. The van der Waals surface area contributed by atoms with E-state index in [2.05, 4.69) is 5.32 Å². The lowest BCUT2D eigenvalue weighted by molar-refractivity contribution is -0.345. The van der Waals surface area contributed by atoms with Crippen molar-refractivity contribution in [2.45, 2.75) is 50.5 Å². The van der Waals surface area contributed by atoms with Crippen LogP contribution >= 0.6 is 0 Å². The van der Waals surface area contributed by atoms with Gasteiger partial charge in [0.15, 0.2) is 12.6 Å². The number of carbonyl (C=O) groups excluding carboxylic acids is 1. The largest absolute Gasteiger partial charge is 0.388 e. The van der Waals surface area contributed by atoms with Gasteiger partial charge in [0.05, 0.1) is 13.2 Å². The van der Waals surface area contributed by atoms with Crippen LogP contribution in [0.2, 0.25) is 0 Å². The van der Waals surface area contributed by atoms with Crippen LogP contribution in [0.4, 0.5) is 0 Å². The molecule has 2 aromatic rings. The third-order valence-electron chi connectivity index (χ3n) is 5.06. The first-order chi connectivity index (χ1) is 14.1. The van der Waals surface area contributed by atoms with Crippen molar-refractivity contribution in [1.82, 2.24) is 5.32 Å². The highest BCUT2D eigenvalue weighted by atomic mass is 16.7. The van der Waals surface area contributed by atoms with E-state index in [1.165, 1.54) is 6.92 Å². The highest BCUT2D eigenvalue weighted by Gasteiger charge is 2.50. The summed E-state index contributed by atoms with van der Waals surface area (Å²) in [6.45, 7) is 1.93. The lowest BCUT2D eigenvalue weighted by atomic mass is 9.95. The number of hydrogen-bond donors (Lipinski definition) is 2. The maximum atomic E-state index is 11.7.